The summed E-state index contributed by atoms with van der Waals surface area (Å²) < 4.78 is 2.21. The maximum absolute atomic E-state index is 6.36. The van der Waals surface area contributed by atoms with Crippen LogP contribution in [-0.2, 0) is 0 Å². The molecule has 0 amide bonds. The number of anilines is 2. The summed E-state index contributed by atoms with van der Waals surface area (Å²) in [4.78, 5) is 14.2. The first-order valence-corrected chi connectivity index (χ1v) is 11.0. The van der Waals surface area contributed by atoms with E-state index in [4.69, 9.17) is 21.6 Å². The van der Waals surface area contributed by atoms with Crippen LogP contribution >= 0.6 is 11.6 Å². The smallest absolute Gasteiger partial charge is 0.0900 e. The van der Waals surface area contributed by atoms with Crippen LogP contribution in [-0.4, -0.2) is 20.6 Å². The summed E-state index contributed by atoms with van der Waals surface area (Å²) in [6, 6.07) is 24.6. The van der Waals surface area contributed by atoms with Gasteiger partial charge in [-0.15, -0.1) is 0 Å². The molecular formula is C26H20ClN5. The van der Waals surface area contributed by atoms with Crippen molar-refractivity contribution in [3.63, 3.8) is 0 Å². The minimum atomic E-state index is 0.384. The SMILES string of the molecule is Clc1cccc(-n2c3c/c(=N\C4CC4)c(Nc4cccnc4)cc-3nc3ccccc32)c1. The Balaban J connectivity index is 1.66. The third-order valence-corrected chi connectivity index (χ3v) is 5.81. The average Bonchev–Trinajstić information content (AvgIpc) is 3.63. The van der Waals surface area contributed by atoms with E-state index in [0.29, 0.717) is 11.1 Å². The molecule has 6 heteroatoms. The summed E-state index contributed by atoms with van der Waals surface area (Å²) in [6.07, 6.45) is 5.84. The van der Waals surface area contributed by atoms with Gasteiger partial charge < -0.3 is 9.88 Å². The highest BCUT2D eigenvalue weighted by molar-refractivity contribution is 6.30. The maximum atomic E-state index is 6.36. The first-order chi connectivity index (χ1) is 15.7. The number of hydrogen-bond donors (Lipinski definition) is 1. The van der Waals surface area contributed by atoms with Crippen molar-refractivity contribution in [3.8, 4) is 17.1 Å². The Kier molecular flexibility index (Phi) is 4.62. The molecule has 1 aromatic heterocycles. The van der Waals surface area contributed by atoms with Crippen LogP contribution in [0.1, 0.15) is 12.8 Å². The van der Waals surface area contributed by atoms with Crippen LogP contribution in [0.25, 0.3) is 28.1 Å². The summed E-state index contributed by atoms with van der Waals surface area (Å²) in [5.41, 5.74) is 6.64. The molecule has 5 nitrogen and oxygen atoms in total. The molecule has 2 heterocycles. The van der Waals surface area contributed by atoms with E-state index in [1.165, 1.54) is 0 Å². The molecule has 6 rings (SSSR count). The molecule has 1 fully saturated rings. The zero-order chi connectivity index (χ0) is 21.5. The van der Waals surface area contributed by atoms with Crippen molar-refractivity contribution >= 4 is 34.0 Å². The number of benzene rings is 3. The number of rotatable bonds is 4. The number of para-hydroxylation sites is 2. The lowest BCUT2D eigenvalue weighted by Gasteiger charge is -2.20. The second-order valence-corrected chi connectivity index (χ2v) is 8.44. The number of nitrogens with one attached hydrogen (secondary N) is 1. The Hall–Kier alpha value is -3.70. The molecule has 0 spiro atoms. The minimum absolute atomic E-state index is 0.384. The Bertz CT molecular complexity index is 1470. The lowest BCUT2D eigenvalue weighted by Crippen LogP contribution is -2.15. The van der Waals surface area contributed by atoms with E-state index in [1.54, 1.807) is 6.20 Å². The number of hydrogen-bond acceptors (Lipinski definition) is 4. The van der Waals surface area contributed by atoms with Crippen LogP contribution in [0.2, 0.25) is 5.02 Å². The quantitative estimate of drug-likeness (QED) is 0.351. The lowest BCUT2D eigenvalue weighted by molar-refractivity contribution is 0.997. The van der Waals surface area contributed by atoms with Crippen LogP contribution in [0.15, 0.2) is 90.2 Å². The van der Waals surface area contributed by atoms with E-state index in [1.807, 2.05) is 54.7 Å². The molecule has 0 bridgehead atoms. The third kappa shape index (κ3) is 3.61. The zero-order valence-corrected chi connectivity index (χ0v) is 18.0. The topological polar surface area (TPSA) is 55.1 Å². The van der Waals surface area contributed by atoms with Crippen LogP contribution < -0.4 is 10.7 Å². The van der Waals surface area contributed by atoms with Crippen LogP contribution in [0.4, 0.5) is 11.4 Å². The molecule has 156 valence electrons. The first kappa shape index (κ1) is 19.0. The minimum Gasteiger partial charge on any atom is -0.352 e. The van der Waals surface area contributed by atoms with Crippen LogP contribution in [0, 0.1) is 0 Å². The molecule has 1 aliphatic heterocycles. The highest BCUT2D eigenvalue weighted by Crippen LogP contribution is 2.31. The van der Waals surface area contributed by atoms with E-state index in [9.17, 15) is 0 Å². The van der Waals surface area contributed by atoms with E-state index in [-0.39, 0.29) is 0 Å². The Morgan fingerprint density at radius 1 is 0.969 bits per heavy atom. The van der Waals surface area contributed by atoms with Crippen LogP contribution in [0.3, 0.4) is 0 Å². The molecule has 1 saturated carbocycles. The Morgan fingerprint density at radius 3 is 2.69 bits per heavy atom. The predicted molar refractivity (Wildman–Crippen MR) is 129 cm³/mol. The van der Waals surface area contributed by atoms with Gasteiger partial charge in [0.2, 0.25) is 0 Å². The van der Waals surface area contributed by atoms with Crippen molar-refractivity contribution in [1.82, 2.24) is 14.5 Å². The predicted octanol–water partition coefficient (Wildman–Crippen LogP) is 5.99. The number of pyridine rings is 1. The number of nitrogens with zero attached hydrogens (tertiary/aromatic N) is 4. The highest BCUT2D eigenvalue weighted by Gasteiger charge is 2.21. The molecule has 3 aliphatic rings. The number of fused-ring (bicyclic) bond motifs is 2. The van der Waals surface area contributed by atoms with Crippen molar-refractivity contribution in [2.75, 3.05) is 5.32 Å². The van der Waals surface area contributed by atoms with Gasteiger partial charge in [0.25, 0.3) is 0 Å². The average molecular weight is 438 g/mol. The first-order valence-electron chi connectivity index (χ1n) is 10.7. The van der Waals surface area contributed by atoms with Crippen molar-refractivity contribution in [2.24, 2.45) is 4.99 Å². The van der Waals surface area contributed by atoms with Gasteiger partial charge in [0.1, 0.15) is 0 Å². The van der Waals surface area contributed by atoms with E-state index in [2.05, 4.69) is 39.1 Å². The second kappa shape index (κ2) is 7.77. The fourth-order valence-electron chi connectivity index (χ4n) is 3.93. The number of aromatic nitrogens is 3. The molecule has 0 unspecified atom stereocenters. The van der Waals surface area contributed by atoms with Gasteiger partial charge in [0.15, 0.2) is 0 Å². The summed E-state index contributed by atoms with van der Waals surface area (Å²) in [5.74, 6) is 0. The van der Waals surface area contributed by atoms with Crippen molar-refractivity contribution < 1.29 is 0 Å². The Labute approximate surface area is 190 Å². The fourth-order valence-corrected chi connectivity index (χ4v) is 4.12. The summed E-state index contributed by atoms with van der Waals surface area (Å²) in [5, 5.41) is 5.11. The van der Waals surface area contributed by atoms with Gasteiger partial charge in [-0.3, -0.25) is 9.98 Å². The van der Waals surface area contributed by atoms with Gasteiger partial charge in [-0.25, -0.2) is 4.98 Å². The molecule has 3 aromatic rings. The van der Waals surface area contributed by atoms with Gasteiger partial charge in [-0.1, -0.05) is 29.8 Å². The summed E-state index contributed by atoms with van der Waals surface area (Å²) in [7, 11) is 0. The van der Waals surface area contributed by atoms with Gasteiger partial charge >= 0.3 is 0 Å². The lowest BCUT2D eigenvalue weighted by atomic mass is 10.1. The molecule has 2 aromatic carbocycles. The normalized spacial score (nSPS) is 14.2. The van der Waals surface area contributed by atoms with E-state index < -0.39 is 0 Å². The molecule has 1 N–H and O–H groups in total. The van der Waals surface area contributed by atoms with Gasteiger partial charge in [0.05, 0.1) is 51.4 Å². The summed E-state index contributed by atoms with van der Waals surface area (Å²) in [6.45, 7) is 0. The monoisotopic (exact) mass is 437 g/mol. The van der Waals surface area contributed by atoms with Gasteiger partial charge in [0, 0.05) is 16.9 Å². The zero-order valence-electron chi connectivity index (χ0n) is 17.2. The van der Waals surface area contributed by atoms with Crippen molar-refractivity contribution in [2.45, 2.75) is 18.9 Å². The third-order valence-electron chi connectivity index (χ3n) is 5.57. The molecular weight excluding hydrogens is 418 g/mol. The number of halogens is 1. The van der Waals surface area contributed by atoms with Crippen molar-refractivity contribution in [3.05, 3.63) is 95.6 Å². The van der Waals surface area contributed by atoms with Crippen molar-refractivity contribution in [1.29, 1.82) is 0 Å². The van der Waals surface area contributed by atoms with Crippen LogP contribution in [0.5, 0.6) is 0 Å². The molecule has 0 radical (unpaired) electrons. The molecule has 2 aliphatic carbocycles. The maximum Gasteiger partial charge on any atom is 0.0900 e. The fraction of sp³-hybridized carbons (Fsp3) is 0.115. The Morgan fingerprint density at radius 2 is 1.88 bits per heavy atom. The van der Waals surface area contributed by atoms with Gasteiger partial charge in [-0.2, -0.15) is 0 Å². The standard InChI is InChI=1S/C26H20ClN5/c27-17-5-3-7-20(13-17)32-25-9-2-1-8-21(25)31-24-14-22(30-19-6-4-12-28-16-19)23(15-26(24)32)29-18-10-11-18/h1-9,12-16,18,30H,10-11H2/b29-23+. The second-order valence-electron chi connectivity index (χ2n) is 8.00. The van der Waals surface area contributed by atoms with Gasteiger partial charge in [-0.05, 0) is 67.4 Å². The van der Waals surface area contributed by atoms with E-state index in [0.717, 1.165) is 57.7 Å². The largest absolute Gasteiger partial charge is 0.352 e. The molecule has 32 heavy (non-hydrogen) atoms. The highest BCUT2D eigenvalue weighted by atomic mass is 35.5. The summed E-state index contributed by atoms with van der Waals surface area (Å²) >= 11 is 6.36. The molecule has 0 saturated heterocycles. The van der Waals surface area contributed by atoms with E-state index >= 15 is 0 Å². The molecule has 0 atom stereocenters.